The monoisotopic (exact) mass is 223 g/mol. The summed E-state index contributed by atoms with van der Waals surface area (Å²) in [7, 11) is 0. The van der Waals surface area contributed by atoms with Gasteiger partial charge < -0.3 is 10.7 Å². The van der Waals surface area contributed by atoms with E-state index in [0.717, 1.165) is 31.6 Å². The Kier molecular flexibility index (Phi) is 6.16. The van der Waals surface area contributed by atoms with Gasteiger partial charge in [-0.15, -0.1) is 0 Å². The molecule has 0 bridgehead atoms. The maximum Gasteiger partial charge on any atom is 0.106 e. The first-order chi connectivity index (χ1) is 7.77. The quantitative estimate of drug-likeness (QED) is 0.666. The van der Waals surface area contributed by atoms with Crippen LogP contribution in [0.3, 0.4) is 0 Å². The average molecular weight is 223 g/mol. The molecule has 1 heterocycles. The van der Waals surface area contributed by atoms with Crippen LogP contribution in [0.15, 0.2) is 6.20 Å². The number of hydrogen-bond donors (Lipinski definition) is 2. The van der Waals surface area contributed by atoms with E-state index in [1.165, 1.54) is 25.0 Å². The molecule has 3 nitrogen and oxygen atoms in total. The van der Waals surface area contributed by atoms with Crippen molar-refractivity contribution in [2.24, 2.45) is 5.73 Å². The fourth-order valence-corrected chi connectivity index (χ4v) is 1.77. The van der Waals surface area contributed by atoms with Gasteiger partial charge in [-0.2, -0.15) is 0 Å². The first kappa shape index (κ1) is 13.2. The second kappa shape index (κ2) is 7.44. The fourth-order valence-electron chi connectivity index (χ4n) is 1.77. The number of aromatic nitrogens is 2. The van der Waals surface area contributed by atoms with E-state index in [0.29, 0.717) is 5.92 Å². The predicted molar refractivity (Wildman–Crippen MR) is 68.5 cm³/mol. The number of nitrogens with zero attached hydrogens (tertiary/aromatic N) is 1. The van der Waals surface area contributed by atoms with E-state index >= 15 is 0 Å². The van der Waals surface area contributed by atoms with Gasteiger partial charge in [0, 0.05) is 18.3 Å². The van der Waals surface area contributed by atoms with Gasteiger partial charge in [-0.1, -0.05) is 26.7 Å². The summed E-state index contributed by atoms with van der Waals surface area (Å²) in [5.74, 6) is 1.74. The molecule has 1 unspecified atom stereocenters. The first-order valence-corrected chi connectivity index (χ1v) is 6.51. The van der Waals surface area contributed by atoms with Crippen LogP contribution in [0.25, 0.3) is 0 Å². The molecule has 0 aromatic carbocycles. The van der Waals surface area contributed by atoms with Gasteiger partial charge in [0.15, 0.2) is 0 Å². The Balaban J connectivity index is 2.24. The van der Waals surface area contributed by atoms with Crippen molar-refractivity contribution >= 4 is 0 Å². The number of nitrogens with one attached hydrogen (secondary N) is 1. The van der Waals surface area contributed by atoms with E-state index in [1.54, 1.807) is 0 Å². The Labute approximate surface area is 98.8 Å². The number of nitrogens with two attached hydrogens (primary N) is 1. The minimum atomic E-state index is 0.596. The smallest absolute Gasteiger partial charge is 0.106 e. The number of imidazole rings is 1. The lowest BCUT2D eigenvalue weighted by Gasteiger charge is -2.03. The lowest BCUT2D eigenvalue weighted by atomic mass is 10.1. The first-order valence-electron chi connectivity index (χ1n) is 6.51. The van der Waals surface area contributed by atoms with E-state index < -0.39 is 0 Å². The number of unbranched alkanes of at least 4 members (excludes halogenated alkanes) is 3. The SMILES string of the molecule is CCC(C)c1cnc(CCCCCCN)[nH]1. The Hall–Kier alpha value is -0.830. The fraction of sp³-hybridized carbons (Fsp3) is 0.769. The number of aryl methyl sites for hydroxylation is 1. The Morgan fingerprint density at radius 3 is 2.75 bits per heavy atom. The van der Waals surface area contributed by atoms with Crippen molar-refractivity contribution in [3.8, 4) is 0 Å². The van der Waals surface area contributed by atoms with Gasteiger partial charge in [0.05, 0.1) is 0 Å². The molecule has 3 heteroatoms. The van der Waals surface area contributed by atoms with E-state index in [1.807, 2.05) is 6.20 Å². The highest BCUT2D eigenvalue weighted by atomic mass is 14.9. The number of rotatable bonds is 8. The molecule has 1 atom stereocenters. The molecule has 0 amide bonds. The van der Waals surface area contributed by atoms with Crippen LogP contribution in [0.5, 0.6) is 0 Å². The van der Waals surface area contributed by atoms with Crippen LogP contribution in [0.1, 0.15) is 63.4 Å². The highest BCUT2D eigenvalue weighted by Gasteiger charge is 2.06. The van der Waals surface area contributed by atoms with Crippen molar-refractivity contribution in [3.63, 3.8) is 0 Å². The minimum Gasteiger partial charge on any atom is -0.346 e. The molecule has 0 aliphatic carbocycles. The third kappa shape index (κ3) is 4.35. The molecule has 0 aliphatic rings. The molecule has 0 radical (unpaired) electrons. The van der Waals surface area contributed by atoms with E-state index in [-0.39, 0.29) is 0 Å². The van der Waals surface area contributed by atoms with Gasteiger partial charge in [0.2, 0.25) is 0 Å². The molecular formula is C13H25N3. The van der Waals surface area contributed by atoms with Crippen LogP contribution >= 0.6 is 0 Å². The largest absolute Gasteiger partial charge is 0.346 e. The van der Waals surface area contributed by atoms with Crippen LogP contribution in [-0.4, -0.2) is 16.5 Å². The molecule has 0 aliphatic heterocycles. The summed E-state index contributed by atoms with van der Waals surface area (Å²) in [6.45, 7) is 5.26. The Morgan fingerprint density at radius 1 is 1.31 bits per heavy atom. The van der Waals surface area contributed by atoms with Gasteiger partial charge in [-0.3, -0.25) is 0 Å². The Bertz CT molecular complexity index is 280. The molecule has 1 aromatic heterocycles. The van der Waals surface area contributed by atoms with Gasteiger partial charge in [0.25, 0.3) is 0 Å². The highest BCUT2D eigenvalue weighted by Crippen LogP contribution is 2.16. The van der Waals surface area contributed by atoms with Gasteiger partial charge >= 0.3 is 0 Å². The second-order valence-corrected chi connectivity index (χ2v) is 4.55. The summed E-state index contributed by atoms with van der Waals surface area (Å²) in [6, 6.07) is 0. The predicted octanol–water partition coefficient (Wildman–Crippen LogP) is 2.98. The number of H-pyrrole nitrogens is 1. The average Bonchev–Trinajstić information content (AvgIpc) is 2.76. The zero-order chi connectivity index (χ0) is 11.8. The maximum atomic E-state index is 5.46. The van der Waals surface area contributed by atoms with Crippen LogP contribution in [0.4, 0.5) is 0 Å². The van der Waals surface area contributed by atoms with Crippen LogP contribution in [0, 0.1) is 0 Å². The standard InChI is InChI=1S/C13H25N3/c1-3-11(2)12-10-15-13(16-12)8-6-4-5-7-9-14/h10-11H,3-9,14H2,1-2H3,(H,15,16). The molecule has 0 saturated heterocycles. The van der Waals surface area contributed by atoms with E-state index in [9.17, 15) is 0 Å². The minimum absolute atomic E-state index is 0.596. The molecule has 0 saturated carbocycles. The van der Waals surface area contributed by atoms with E-state index in [4.69, 9.17) is 5.73 Å². The van der Waals surface area contributed by atoms with Crippen molar-refractivity contribution in [2.75, 3.05) is 6.54 Å². The van der Waals surface area contributed by atoms with Gasteiger partial charge in [0.1, 0.15) is 5.82 Å². The third-order valence-electron chi connectivity index (χ3n) is 3.16. The van der Waals surface area contributed by atoms with Gasteiger partial charge in [-0.05, 0) is 31.7 Å². The summed E-state index contributed by atoms with van der Waals surface area (Å²) in [5, 5.41) is 0. The summed E-state index contributed by atoms with van der Waals surface area (Å²) >= 11 is 0. The third-order valence-corrected chi connectivity index (χ3v) is 3.16. The summed E-state index contributed by atoms with van der Waals surface area (Å²) in [6.07, 6.45) is 9.10. The molecule has 3 N–H and O–H groups in total. The normalized spacial score (nSPS) is 12.9. The van der Waals surface area contributed by atoms with Crippen molar-refractivity contribution in [2.45, 2.75) is 58.3 Å². The zero-order valence-electron chi connectivity index (χ0n) is 10.6. The van der Waals surface area contributed by atoms with Gasteiger partial charge in [-0.25, -0.2) is 4.98 Å². The van der Waals surface area contributed by atoms with Crippen molar-refractivity contribution < 1.29 is 0 Å². The molecule has 0 fully saturated rings. The highest BCUT2D eigenvalue weighted by molar-refractivity contribution is 5.06. The van der Waals surface area contributed by atoms with Crippen molar-refractivity contribution in [1.82, 2.24) is 9.97 Å². The number of hydrogen-bond acceptors (Lipinski definition) is 2. The zero-order valence-corrected chi connectivity index (χ0v) is 10.6. The summed E-state index contributed by atoms with van der Waals surface area (Å²) in [4.78, 5) is 7.84. The van der Waals surface area contributed by atoms with E-state index in [2.05, 4.69) is 23.8 Å². The van der Waals surface area contributed by atoms with Crippen molar-refractivity contribution in [1.29, 1.82) is 0 Å². The lowest BCUT2D eigenvalue weighted by Crippen LogP contribution is -1.98. The number of aromatic amines is 1. The van der Waals surface area contributed by atoms with Crippen molar-refractivity contribution in [3.05, 3.63) is 17.7 Å². The molecule has 1 aromatic rings. The van der Waals surface area contributed by atoms with Crippen LogP contribution in [0.2, 0.25) is 0 Å². The summed E-state index contributed by atoms with van der Waals surface area (Å²) in [5.41, 5.74) is 6.73. The summed E-state index contributed by atoms with van der Waals surface area (Å²) < 4.78 is 0. The van der Waals surface area contributed by atoms with Crippen LogP contribution < -0.4 is 5.73 Å². The lowest BCUT2D eigenvalue weighted by molar-refractivity contribution is 0.635. The molecule has 0 spiro atoms. The maximum absolute atomic E-state index is 5.46. The van der Waals surface area contributed by atoms with Crippen LogP contribution in [-0.2, 0) is 6.42 Å². The topological polar surface area (TPSA) is 54.7 Å². The molecule has 92 valence electrons. The molecule has 1 rings (SSSR count). The molecule has 16 heavy (non-hydrogen) atoms. The molecular weight excluding hydrogens is 198 g/mol. The Morgan fingerprint density at radius 2 is 2.06 bits per heavy atom. The second-order valence-electron chi connectivity index (χ2n) is 4.55.